The molecule has 0 radical (unpaired) electrons. The van der Waals surface area contributed by atoms with Gasteiger partial charge in [0.25, 0.3) is 0 Å². The number of thiazole rings is 1. The maximum atomic E-state index is 14.3. The van der Waals surface area contributed by atoms with E-state index in [1.54, 1.807) is 46.9 Å². The van der Waals surface area contributed by atoms with E-state index in [0.717, 1.165) is 54.0 Å². The molecule has 15 nitrogen and oxygen atoms in total. The van der Waals surface area contributed by atoms with E-state index in [1.165, 1.54) is 11.0 Å². The minimum atomic E-state index is -1.01. The molecular weight excluding hydrogens is 970 g/mol. The number of fused-ring (bicyclic) bond motifs is 3. The van der Waals surface area contributed by atoms with Gasteiger partial charge in [-0.3, -0.25) is 28.7 Å². The number of aliphatic imine (C=N–C) groups is 1. The number of hydrogen-bond acceptors (Lipinski definition) is 12. The number of β-amino-alcohol motifs (C(OH)–C–C–N with tert-alkyl or cyclic N) is 1. The summed E-state index contributed by atoms with van der Waals surface area (Å²) in [7, 11) is 0. The van der Waals surface area contributed by atoms with Crippen LogP contribution in [0.5, 0.6) is 5.75 Å². The number of carbonyl (C=O) groups is 4. The minimum Gasteiger partial charge on any atom is -0.489 e. The molecule has 18 heteroatoms. The highest BCUT2D eigenvalue weighted by Crippen LogP contribution is 2.40. The lowest BCUT2D eigenvalue weighted by Crippen LogP contribution is -2.57. The second-order valence-electron chi connectivity index (χ2n) is 19.6. The normalized spacial score (nSPS) is 17.8. The van der Waals surface area contributed by atoms with Crippen molar-refractivity contribution in [3.8, 4) is 21.2 Å². The Labute approximate surface area is 432 Å². The molecule has 4 N–H and O–H groups in total. The first kappa shape index (κ1) is 51.8. The summed E-state index contributed by atoms with van der Waals surface area (Å²) >= 11 is 9.49. The first-order valence-corrected chi connectivity index (χ1v) is 26.0. The van der Waals surface area contributed by atoms with Crippen LogP contribution >= 0.6 is 34.3 Å². The van der Waals surface area contributed by atoms with E-state index in [9.17, 15) is 24.3 Å². The fraction of sp³-hybridized carbons (Fsp3) is 0.370. The van der Waals surface area contributed by atoms with Crippen LogP contribution in [0.2, 0.25) is 5.02 Å². The second-order valence-corrected chi connectivity index (χ2v) is 22.1. The average Bonchev–Trinajstić information content (AvgIpc) is 4.11. The molecule has 72 heavy (non-hydrogen) atoms. The molecule has 6 atom stereocenters. The molecule has 376 valence electrons. The Morgan fingerprint density at radius 3 is 2.38 bits per heavy atom. The number of thiophene rings is 1. The Balaban J connectivity index is 0.868. The van der Waals surface area contributed by atoms with Crippen molar-refractivity contribution in [1.82, 2.24) is 40.6 Å². The molecule has 8 rings (SSSR count). The number of hydrogen-bond donors (Lipinski definition) is 4. The number of carbonyl (C=O) groups excluding carboxylic acids is 4. The van der Waals surface area contributed by atoms with Crippen molar-refractivity contribution < 1.29 is 29.0 Å². The number of aromatic nitrogens is 4. The van der Waals surface area contributed by atoms with E-state index < -0.39 is 47.6 Å². The van der Waals surface area contributed by atoms with Crippen LogP contribution < -0.4 is 20.7 Å². The smallest absolute Gasteiger partial charge is 0.246 e. The van der Waals surface area contributed by atoms with E-state index >= 15 is 0 Å². The van der Waals surface area contributed by atoms with Gasteiger partial charge in [0.1, 0.15) is 40.8 Å². The highest BCUT2D eigenvalue weighted by molar-refractivity contribution is 7.15. The van der Waals surface area contributed by atoms with Crippen LogP contribution in [0.25, 0.3) is 21.5 Å². The SMILES string of the molecule is Cc1ncsc1-c1ccc([C@H](C)NC(=O)[C@@H]2C[C@@H](O)CN2C(=O)C(NC(=O)/C=C/c2cccc(O[C@H](C)CNC(=O)C[C@@H]3N=C(c4ccc(Cl)cc4)c4c(sc(C)c4C)-n4c(C)nnc43)c2)C(C)(C)C)cc1. The number of rotatable bonds is 15. The molecule has 0 spiro atoms. The molecule has 6 aromatic rings. The van der Waals surface area contributed by atoms with Gasteiger partial charge in [0.15, 0.2) is 5.82 Å². The quantitative estimate of drug-likeness (QED) is 0.0730. The van der Waals surface area contributed by atoms with Crippen LogP contribution in [-0.2, 0) is 19.2 Å². The van der Waals surface area contributed by atoms with Gasteiger partial charge in [-0.1, -0.05) is 80.9 Å². The molecule has 1 fully saturated rings. The number of nitrogens with one attached hydrogen (secondary N) is 3. The van der Waals surface area contributed by atoms with Gasteiger partial charge in [-0.25, -0.2) is 4.98 Å². The molecule has 4 amide bonds. The van der Waals surface area contributed by atoms with Crippen LogP contribution in [0.4, 0.5) is 0 Å². The standard InChI is InChI=1S/C54H60ClN9O6S2/c1-29(26-56-45(67)25-42-50-62-61-34(6)64(50)53-46(30(2)33(5)72-53)47(59-42)37-18-20-39(55)21-19-37)70-41-12-10-11-35(23-41)13-22-44(66)60-49(54(7,8)9)52(69)63-27-40(65)24-43(63)51(68)58-31(3)36-14-16-38(17-15-36)48-32(4)57-28-71-48/h10-23,28-29,31,40,42-43,49,65H,24-27H2,1-9H3,(H,56,67)(H,58,68)(H,60,66)/b22-13+/t29-,31+,40-,42+,43+,49?/m1/s1. The number of amides is 4. The van der Waals surface area contributed by atoms with Crippen LogP contribution in [0, 0.1) is 33.1 Å². The number of nitrogens with zero attached hydrogens (tertiary/aromatic N) is 6. The summed E-state index contributed by atoms with van der Waals surface area (Å²) in [5, 5.41) is 30.1. The maximum Gasteiger partial charge on any atom is 0.246 e. The van der Waals surface area contributed by atoms with Crippen molar-refractivity contribution in [2.45, 2.75) is 112 Å². The zero-order valence-corrected chi connectivity index (χ0v) is 44.2. The summed E-state index contributed by atoms with van der Waals surface area (Å²) in [4.78, 5) is 68.4. The number of likely N-dealkylation sites (tertiary alicyclic amines) is 1. The molecule has 1 unspecified atom stereocenters. The van der Waals surface area contributed by atoms with Crippen LogP contribution in [0.3, 0.4) is 0 Å². The number of ether oxygens (including phenoxy) is 1. The zero-order valence-electron chi connectivity index (χ0n) is 41.8. The van der Waals surface area contributed by atoms with Gasteiger partial charge < -0.3 is 30.7 Å². The molecule has 0 saturated carbocycles. The van der Waals surface area contributed by atoms with Gasteiger partial charge in [-0.2, -0.15) is 0 Å². The Morgan fingerprint density at radius 2 is 1.68 bits per heavy atom. The number of benzene rings is 3. The predicted molar refractivity (Wildman–Crippen MR) is 283 cm³/mol. The molecule has 3 aromatic heterocycles. The third-order valence-corrected chi connectivity index (χ3v) is 15.4. The highest BCUT2D eigenvalue weighted by atomic mass is 35.5. The minimum absolute atomic E-state index is 0.0268. The Kier molecular flexibility index (Phi) is 15.6. The Hall–Kier alpha value is -6.53. The predicted octanol–water partition coefficient (Wildman–Crippen LogP) is 8.59. The van der Waals surface area contributed by atoms with Crippen molar-refractivity contribution >= 4 is 69.7 Å². The van der Waals surface area contributed by atoms with Crippen molar-refractivity contribution in [2.75, 3.05) is 13.1 Å². The van der Waals surface area contributed by atoms with E-state index in [-0.39, 0.29) is 43.8 Å². The average molecular weight is 1030 g/mol. The number of aryl methyl sites for hydroxylation is 3. The van der Waals surface area contributed by atoms with Crippen molar-refractivity contribution in [2.24, 2.45) is 10.4 Å². The molecule has 2 aliphatic rings. The molecule has 5 heterocycles. The number of aliphatic hydroxyl groups excluding tert-OH is 1. The van der Waals surface area contributed by atoms with Crippen LogP contribution in [-0.4, -0.2) is 96.5 Å². The fourth-order valence-electron chi connectivity index (χ4n) is 8.98. The first-order valence-electron chi connectivity index (χ1n) is 23.9. The third kappa shape index (κ3) is 11.5. The summed E-state index contributed by atoms with van der Waals surface area (Å²) < 4.78 is 8.22. The van der Waals surface area contributed by atoms with E-state index in [1.807, 2.05) is 113 Å². The summed E-state index contributed by atoms with van der Waals surface area (Å²) in [6.45, 7) is 17.4. The van der Waals surface area contributed by atoms with Gasteiger partial charge in [0.05, 0.1) is 46.9 Å². The molecule has 0 bridgehead atoms. The first-order chi connectivity index (χ1) is 34.2. The monoisotopic (exact) mass is 1030 g/mol. The van der Waals surface area contributed by atoms with Gasteiger partial charge in [-0.05, 0) is 99.6 Å². The lowest BCUT2D eigenvalue weighted by molar-refractivity contribution is -0.143. The summed E-state index contributed by atoms with van der Waals surface area (Å²) in [5.74, 6) is 0.234. The van der Waals surface area contributed by atoms with E-state index in [0.29, 0.717) is 28.0 Å². The lowest BCUT2D eigenvalue weighted by Gasteiger charge is -2.35. The van der Waals surface area contributed by atoms with E-state index in [2.05, 4.69) is 45.0 Å². The zero-order chi connectivity index (χ0) is 51.6. The highest BCUT2D eigenvalue weighted by Gasteiger charge is 2.45. The van der Waals surface area contributed by atoms with Crippen molar-refractivity contribution in [3.63, 3.8) is 0 Å². The molecule has 2 aliphatic heterocycles. The summed E-state index contributed by atoms with van der Waals surface area (Å²) in [6, 6.07) is 19.7. The molecule has 0 aliphatic carbocycles. The molecule has 1 saturated heterocycles. The largest absolute Gasteiger partial charge is 0.489 e. The summed E-state index contributed by atoms with van der Waals surface area (Å²) in [5.41, 5.74) is 8.36. The topological polar surface area (TPSA) is 193 Å². The molecular formula is C54H60ClN9O6S2. The van der Waals surface area contributed by atoms with Gasteiger partial charge >= 0.3 is 0 Å². The van der Waals surface area contributed by atoms with Gasteiger partial charge in [0.2, 0.25) is 23.6 Å². The van der Waals surface area contributed by atoms with Gasteiger partial charge in [0, 0.05) is 40.1 Å². The second kappa shape index (κ2) is 21.7. The fourth-order valence-corrected chi connectivity index (χ4v) is 11.1. The molecule has 3 aromatic carbocycles. The van der Waals surface area contributed by atoms with Crippen LogP contribution in [0.1, 0.15) is 110 Å². The van der Waals surface area contributed by atoms with E-state index in [4.69, 9.17) is 21.3 Å². The summed E-state index contributed by atoms with van der Waals surface area (Å²) in [6.07, 6.45) is 1.74. The third-order valence-electron chi connectivity index (χ3n) is 13.0. The van der Waals surface area contributed by atoms with Crippen molar-refractivity contribution in [3.05, 3.63) is 139 Å². The lowest BCUT2D eigenvalue weighted by atomic mass is 9.85. The van der Waals surface area contributed by atoms with Crippen LogP contribution in [0.15, 0.2) is 89.4 Å². The Bertz CT molecular complexity index is 3050. The maximum absolute atomic E-state index is 14.3. The van der Waals surface area contributed by atoms with Gasteiger partial charge in [-0.15, -0.1) is 32.9 Å². The Morgan fingerprint density at radius 1 is 0.958 bits per heavy atom. The van der Waals surface area contributed by atoms with Crippen molar-refractivity contribution in [1.29, 1.82) is 0 Å². The number of halogens is 1. The number of aliphatic hydroxyl groups is 1.